The molecule has 0 bridgehead atoms. The van der Waals surface area contributed by atoms with Gasteiger partial charge in [0.05, 0.1) is 21.3 Å². The van der Waals surface area contributed by atoms with E-state index in [-0.39, 0.29) is 5.91 Å². The number of likely N-dealkylation sites (N-methyl/N-ethyl adjacent to an activating group) is 1. The number of carbonyl (C=O) groups excluding carboxylic acids is 1. The number of thioether (sulfide) groups is 2. The Morgan fingerprint density at radius 1 is 1.07 bits per heavy atom. The van der Waals surface area contributed by atoms with Crippen molar-refractivity contribution in [3.8, 4) is 0 Å². The molecule has 142 valence electrons. The highest BCUT2D eigenvalue weighted by atomic mass is 79.9. The molecule has 0 saturated carbocycles. The van der Waals surface area contributed by atoms with Gasteiger partial charge in [0.25, 0.3) is 5.91 Å². The third kappa shape index (κ3) is 3.79. The van der Waals surface area contributed by atoms with Crippen molar-refractivity contribution in [3.05, 3.63) is 75.1 Å². The second-order valence-electron chi connectivity index (χ2n) is 6.19. The maximum atomic E-state index is 12.6. The fourth-order valence-electron chi connectivity index (χ4n) is 2.94. The molecule has 1 saturated heterocycles. The number of nitrogens with zero attached hydrogens (tertiary/aromatic N) is 3. The summed E-state index contributed by atoms with van der Waals surface area (Å²) < 4.78 is 1.00. The summed E-state index contributed by atoms with van der Waals surface area (Å²) >= 11 is 6.56. The number of benzene rings is 2. The molecule has 2 aromatic carbocycles. The van der Waals surface area contributed by atoms with Gasteiger partial charge in [-0.05, 0) is 67.2 Å². The molecule has 1 amide bonds. The first-order chi connectivity index (χ1) is 13.6. The number of halogens is 1. The van der Waals surface area contributed by atoms with E-state index in [2.05, 4.69) is 57.0 Å². The number of carbonyl (C=O) groups is 1. The number of allylic oxidation sites excluding steroid dienone is 2. The predicted molar refractivity (Wildman–Crippen MR) is 123 cm³/mol. The van der Waals surface area contributed by atoms with Crippen LogP contribution in [0.4, 0.5) is 11.4 Å². The SMILES string of the molecule is CCN1C(=CC=C2SC(=Nc3ccc(Br)cc3)N(C)C2=O)Sc2ccccc21. The number of amides is 1. The Morgan fingerprint density at radius 2 is 1.82 bits per heavy atom. The predicted octanol–water partition coefficient (Wildman–Crippen LogP) is 6.00. The third-order valence-corrected chi connectivity index (χ3v) is 7.12. The van der Waals surface area contributed by atoms with Crippen LogP contribution >= 0.6 is 39.5 Å². The second-order valence-corrected chi connectivity index (χ2v) is 9.17. The van der Waals surface area contributed by atoms with Crippen molar-refractivity contribution in [2.24, 2.45) is 4.99 Å². The molecule has 0 unspecified atom stereocenters. The van der Waals surface area contributed by atoms with Crippen LogP contribution in [0.1, 0.15) is 6.92 Å². The summed E-state index contributed by atoms with van der Waals surface area (Å²) in [5.41, 5.74) is 2.04. The number of hydrogen-bond donors (Lipinski definition) is 0. The molecule has 0 aromatic heterocycles. The molecule has 0 atom stereocenters. The van der Waals surface area contributed by atoms with E-state index in [4.69, 9.17) is 0 Å². The van der Waals surface area contributed by atoms with E-state index >= 15 is 0 Å². The first-order valence-electron chi connectivity index (χ1n) is 8.83. The zero-order valence-electron chi connectivity index (χ0n) is 15.4. The highest BCUT2D eigenvalue weighted by molar-refractivity contribution is 9.10. The molecule has 0 N–H and O–H groups in total. The lowest BCUT2D eigenvalue weighted by Gasteiger charge is -2.17. The first-order valence-corrected chi connectivity index (χ1v) is 11.3. The quantitative estimate of drug-likeness (QED) is 0.514. The minimum absolute atomic E-state index is 0.0266. The average Bonchev–Trinajstić information content (AvgIpc) is 3.20. The van der Waals surface area contributed by atoms with E-state index in [0.29, 0.717) is 10.1 Å². The lowest BCUT2D eigenvalue weighted by molar-refractivity contribution is -0.121. The lowest BCUT2D eigenvalue weighted by atomic mass is 10.3. The van der Waals surface area contributed by atoms with Crippen molar-refractivity contribution in [3.63, 3.8) is 0 Å². The topological polar surface area (TPSA) is 35.9 Å². The van der Waals surface area contributed by atoms with Crippen LogP contribution in [0.25, 0.3) is 0 Å². The molecule has 7 heteroatoms. The van der Waals surface area contributed by atoms with Gasteiger partial charge in [0.2, 0.25) is 0 Å². The standard InChI is InChI=1S/C21H18BrN3OS2/c1-3-25-16-6-4-5-7-17(16)27-19(25)13-12-18-20(26)24(2)21(28-18)23-15-10-8-14(22)9-11-15/h4-13H,3H2,1-2H3. The van der Waals surface area contributed by atoms with Gasteiger partial charge in [-0.1, -0.05) is 39.8 Å². The molecule has 2 heterocycles. The van der Waals surface area contributed by atoms with Gasteiger partial charge < -0.3 is 4.90 Å². The van der Waals surface area contributed by atoms with Crippen LogP contribution in [0.15, 0.2) is 85.0 Å². The number of anilines is 1. The summed E-state index contributed by atoms with van der Waals surface area (Å²) in [7, 11) is 1.76. The van der Waals surface area contributed by atoms with Crippen LogP contribution in [0.5, 0.6) is 0 Å². The van der Waals surface area contributed by atoms with Crippen molar-refractivity contribution >= 4 is 61.9 Å². The van der Waals surface area contributed by atoms with Crippen LogP contribution in [0.2, 0.25) is 0 Å². The van der Waals surface area contributed by atoms with Crippen LogP contribution in [-0.4, -0.2) is 29.6 Å². The lowest BCUT2D eigenvalue weighted by Crippen LogP contribution is -2.23. The van der Waals surface area contributed by atoms with E-state index in [9.17, 15) is 4.79 Å². The highest BCUT2D eigenvalue weighted by Gasteiger charge is 2.30. The Balaban J connectivity index is 1.58. The fourth-order valence-corrected chi connectivity index (χ4v) is 5.26. The number of amidine groups is 1. The van der Waals surface area contributed by atoms with Gasteiger partial charge in [-0.15, -0.1) is 0 Å². The van der Waals surface area contributed by atoms with E-state index in [1.165, 1.54) is 22.3 Å². The molecule has 28 heavy (non-hydrogen) atoms. The Bertz CT molecular complexity index is 1010. The summed E-state index contributed by atoms with van der Waals surface area (Å²) in [5.74, 6) is -0.0266. The van der Waals surface area contributed by atoms with Gasteiger partial charge in [-0.25, -0.2) is 4.99 Å². The van der Waals surface area contributed by atoms with Gasteiger partial charge in [0, 0.05) is 23.0 Å². The van der Waals surface area contributed by atoms with Crippen molar-refractivity contribution in [1.29, 1.82) is 0 Å². The van der Waals surface area contributed by atoms with Gasteiger partial charge in [0.1, 0.15) is 0 Å². The summed E-state index contributed by atoms with van der Waals surface area (Å²) in [6, 6.07) is 16.1. The number of aliphatic imine (C=N–C) groups is 1. The number of fused-ring (bicyclic) bond motifs is 1. The molecule has 4 rings (SSSR count). The monoisotopic (exact) mass is 471 g/mol. The molecular weight excluding hydrogens is 454 g/mol. The maximum absolute atomic E-state index is 12.6. The van der Waals surface area contributed by atoms with Crippen molar-refractivity contribution < 1.29 is 4.79 Å². The summed E-state index contributed by atoms with van der Waals surface area (Å²) in [6.07, 6.45) is 3.94. The molecule has 2 aromatic rings. The average molecular weight is 472 g/mol. The maximum Gasteiger partial charge on any atom is 0.266 e. The van der Waals surface area contributed by atoms with Gasteiger partial charge in [0.15, 0.2) is 5.17 Å². The van der Waals surface area contributed by atoms with Crippen LogP contribution in [0.3, 0.4) is 0 Å². The Hall–Kier alpha value is -1.96. The summed E-state index contributed by atoms with van der Waals surface area (Å²) in [4.78, 5) is 23.0. The molecular formula is C21H18BrN3OS2. The molecule has 0 spiro atoms. The van der Waals surface area contributed by atoms with Crippen molar-refractivity contribution in [2.45, 2.75) is 11.8 Å². The highest BCUT2D eigenvalue weighted by Crippen LogP contribution is 2.45. The first kappa shape index (κ1) is 19.4. The second kappa shape index (κ2) is 8.19. The number of para-hydroxylation sites is 1. The van der Waals surface area contributed by atoms with Crippen LogP contribution in [-0.2, 0) is 4.79 Å². The fraction of sp³-hybridized carbons (Fsp3) is 0.143. The number of rotatable bonds is 3. The van der Waals surface area contributed by atoms with Gasteiger partial charge in [-0.3, -0.25) is 9.69 Å². The molecule has 2 aliphatic rings. The normalized spacial score (nSPS) is 20.7. The Morgan fingerprint density at radius 3 is 2.57 bits per heavy atom. The van der Waals surface area contributed by atoms with Gasteiger partial charge >= 0.3 is 0 Å². The molecule has 0 radical (unpaired) electrons. The zero-order valence-corrected chi connectivity index (χ0v) is 18.6. The Labute approximate surface area is 181 Å². The minimum Gasteiger partial charge on any atom is -0.335 e. The van der Waals surface area contributed by atoms with Crippen molar-refractivity contribution in [2.75, 3.05) is 18.5 Å². The molecule has 4 nitrogen and oxygen atoms in total. The molecule has 1 fully saturated rings. The van der Waals surface area contributed by atoms with E-state index < -0.39 is 0 Å². The van der Waals surface area contributed by atoms with Crippen LogP contribution in [0, 0.1) is 0 Å². The zero-order chi connectivity index (χ0) is 19.7. The van der Waals surface area contributed by atoms with E-state index in [0.717, 1.165) is 21.7 Å². The van der Waals surface area contributed by atoms with E-state index in [1.807, 2.05) is 36.4 Å². The van der Waals surface area contributed by atoms with Crippen LogP contribution < -0.4 is 4.90 Å². The van der Waals surface area contributed by atoms with E-state index in [1.54, 1.807) is 23.7 Å². The summed E-state index contributed by atoms with van der Waals surface area (Å²) in [5, 5.41) is 1.82. The van der Waals surface area contributed by atoms with Gasteiger partial charge in [-0.2, -0.15) is 0 Å². The smallest absolute Gasteiger partial charge is 0.266 e. The Kier molecular flexibility index (Phi) is 5.66. The molecule has 2 aliphatic heterocycles. The molecule has 0 aliphatic carbocycles. The summed E-state index contributed by atoms with van der Waals surface area (Å²) in [6.45, 7) is 3.02. The number of hydrogen-bond acceptors (Lipinski definition) is 5. The van der Waals surface area contributed by atoms with Crippen molar-refractivity contribution in [1.82, 2.24) is 4.90 Å². The minimum atomic E-state index is -0.0266. The largest absolute Gasteiger partial charge is 0.335 e. The third-order valence-electron chi connectivity index (χ3n) is 4.39.